The van der Waals surface area contributed by atoms with E-state index in [9.17, 15) is 19.1 Å². The van der Waals surface area contributed by atoms with Gasteiger partial charge in [0.25, 0.3) is 0 Å². The van der Waals surface area contributed by atoms with Crippen molar-refractivity contribution in [2.45, 2.75) is 70.1 Å². The molecule has 2 heterocycles. The Morgan fingerprint density at radius 2 is 2.23 bits per heavy atom. The third-order valence-electron chi connectivity index (χ3n) is 4.46. The van der Waals surface area contributed by atoms with E-state index in [2.05, 4.69) is 11.9 Å². The molecule has 1 aliphatic heterocycles. The number of esters is 1. The highest BCUT2D eigenvalue weighted by molar-refractivity contribution is 5.69. The van der Waals surface area contributed by atoms with Gasteiger partial charge in [0.2, 0.25) is 0 Å². The molecule has 0 aliphatic carbocycles. The van der Waals surface area contributed by atoms with E-state index in [1.807, 2.05) is 0 Å². The second-order valence-corrected chi connectivity index (χ2v) is 6.66. The van der Waals surface area contributed by atoms with Crippen LogP contribution in [-0.2, 0) is 14.3 Å². The largest absolute Gasteiger partial charge is 0.463 e. The van der Waals surface area contributed by atoms with Gasteiger partial charge in [0.1, 0.15) is 24.6 Å². The quantitative estimate of drug-likeness (QED) is 0.523. The van der Waals surface area contributed by atoms with Crippen LogP contribution in [-0.4, -0.2) is 45.1 Å². The Labute approximate surface area is 151 Å². The summed E-state index contributed by atoms with van der Waals surface area (Å²) in [7, 11) is 0. The predicted octanol–water partition coefficient (Wildman–Crippen LogP) is 1.33. The van der Waals surface area contributed by atoms with Crippen molar-refractivity contribution in [3.05, 3.63) is 22.7 Å². The van der Waals surface area contributed by atoms with Gasteiger partial charge in [-0.15, -0.1) is 0 Å². The Balaban J connectivity index is 1.97. The molecule has 1 aliphatic rings. The number of carbonyl (C=O) groups excluding carboxylic acids is 1. The fourth-order valence-electron chi connectivity index (χ4n) is 2.90. The highest BCUT2D eigenvalue weighted by atomic mass is 19.1. The minimum absolute atomic E-state index is 0.00101. The maximum atomic E-state index is 15.0. The second-order valence-electron chi connectivity index (χ2n) is 6.66. The molecule has 26 heavy (non-hydrogen) atoms. The molecule has 1 fully saturated rings. The number of ether oxygens (including phenoxy) is 2. The Hall–Kier alpha value is -2.00. The Morgan fingerprint density at radius 1 is 1.50 bits per heavy atom. The zero-order valence-corrected chi connectivity index (χ0v) is 15.1. The molecule has 1 saturated heterocycles. The first-order chi connectivity index (χ1) is 12.3. The first-order valence-electron chi connectivity index (χ1n) is 8.80. The Bertz CT molecular complexity index is 679. The third kappa shape index (κ3) is 4.59. The molecular weight excluding hydrogens is 345 g/mol. The first kappa shape index (κ1) is 20.3. The van der Waals surface area contributed by atoms with Crippen molar-refractivity contribution in [1.29, 1.82) is 0 Å². The monoisotopic (exact) mass is 371 g/mol. The van der Waals surface area contributed by atoms with Crippen LogP contribution in [0.2, 0.25) is 0 Å². The minimum Gasteiger partial charge on any atom is -0.463 e. The third-order valence-corrected chi connectivity index (χ3v) is 4.46. The Kier molecular flexibility index (Phi) is 6.71. The van der Waals surface area contributed by atoms with Crippen LogP contribution in [0.15, 0.2) is 17.1 Å². The predicted molar refractivity (Wildman–Crippen MR) is 92.1 cm³/mol. The standard InChI is InChI=1S/C17H26FN3O5/c1-3-4-5-6-7-13(22)25-10-11-14(23)17(2,18)15(26-11)21-9-8-12(19)20-16(21)24/h8-9,11,14-15,23H,3-7,10H2,1-2H3,(H2,19,20,24)/t11-,14-,15-,17-/m1/s1. The highest BCUT2D eigenvalue weighted by Crippen LogP contribution is 2.40. The number of nitrogen functional groups attached to an aromatic ring is 1. The molecule has 3 N–H and O–H groups in total. The number of aliphatic hydroxyl groups is 1. The van der Waals surface area contributed by atoms with Crippen LogP contribution in [0.1, 0.15) is 52.2 Å². The van der Waals surface area contributed by atoms with Gasteiger partial charge in [-0.25, -0.2) is 9.18 Å². The average molecular weight is 371 g/mol. The van der Waals surface area contributed by atoms with E-state index in [1.165, 1.54) is 12.3 Å². The van der Waals surface area contributed by atoms with Crippen molar-refractivity contribution < 1.29 is 23.8 Å². The van der Waals surface area contributed by atoms with Gasteiger partial charge < -0.3 is 20.3 Å². The number of rotatable bonds is 8. The van der Waals surface area contributed by atoms with Crippen molar-refractivity contribution >= 4 is 11.8 Å². The van der Waals surface area contributed by atoms with Gasteiger partial charge in [0, 0.05) is 12.6 Å². The molecule has 146 valence electrons. The van der Waals surface area contributed by atoms with E-state index in [4.69, 9.17) is 15.2 Å². The van der Waals surface area contributed by atoms with E-state index in [1.54, 1.807) is 0 Å². The molecule has 1 aromatic rings. The molecule has 0 unspecified atom stereocenters. The van der Waals surface area contributed by atoms with Crippen LogP contribution in [0.25, 0.3) is 0 Å². The summed E-state index contributed by atoms with van der Waals surface area (Å²) in [5.41, 5.74) is 2.37. The lowest BCUT2D eigenvalue weighted by Gasteiger charge is -2.24. The number of alkyl halides is 1. The molecule has 0 bridgehead atoms. The summed E-state index contributed by atoms with van der Waals surface area (Å²) in [6.45, 7) is 2.90. The number of unbranched alkanes of at least 4 members (excludes halogenated alkanes) is 3. The summed E-state index contributed by atoms with van der Waals surface area (Å²) in [5, 5.41) is 10.2. The number of anilines is 1. The van der Waals surface area contributed by atoms with E-state index in [0.29, 0.717) is 0 Å². The van der Waals surface area contributed by atoms with E-state index in [0.717, 1.165) is 37.2 Å². The summed E-state index contributed by atoms with van der Waals surface area (Å²) in [6.07, 6.45) is 1.23. The molecule has 1 aromatic heterocycles. The fraction of sp³-hybridized carbons (Fsp3) is 0.706. The number of halogens is 1. The number of carbonyl (C=O) groups is 1. The van der Waals surface area contributed by atoms with Gasteiger partial charge in [-0.3, -0.25) is 9.36 Å². The second kappa shape index (κ2) is 8.59. The SMILES string of the molecule is CCCCCCC(=O)OC[C@H]1O[C@@H](n2ccc(N)nc2=O)[C@](C)(F)[C@@H]1O. The van der Waals surface area contributed by atoms with Crippen LogP contribution >= 0.6 is 0 Å². The fourth-order valence-corrected chi connectivity index (χ4v) is 2.90. The van der Waals surface area contributed by atoms with Crippen molar-refractivity contribution in [3.63, 3.8) is 0 Å². The van der Waals surface area contributed by atoms with Crippen molar-refractivity contribution in [2.75, 3.05) is 12.3 Å². The van der Waals surface area contributed by atoms with Gasteiger partial charge in [0.05, 0.1) is 0 Å². The molecule has 4 atom stereocenters. The summed E-state index contributed by atoms with van der Waals surface area (Å²) >= 11 is 0. The topological polar surface area (TPSA) is 117 Å². The summed E-state index contributed by atoms with van der Waals surface area (Å²) in [4.78, 5) is 27.2. The normalized spacial score (nSPS) is 28.2. The van der Waals surface area contributed by atoms with Gasteiger partial charge >= 0.3 is 11.7 Å². The maximum Gasteiger partial charge on any atom is 0.351 e. The zero-order chi connectivity index (χ0) is 19.3. The van der Waals surface area contributed by atoms with Crippen molar-refractivity contribution in [2.24, 2.45) is 0 Å². The first-order valence-corrected chi connectivity index (χ1v) is 8.80. The van der Waals surface area contributed by atoms with Crippen LogP contribution < -0.4 is 11.4 Å². The molecule has 0 saturated carbocycles. The van der Waals surface area contributed by atoms with E-state index in [-0.39, 0.29) is 18.8 Å². The van der Waals surface area contributed by atoms with Gasteiger partial charge in [-0.05, 0) is 19.4 Å². The lowest BCUT2D eigenvalue weighted by Crippen LogP contribution is -2.43. The smallest absolute Gasteiger partial charge is 0.351 e. The number of aromatic nitrogens is 2. The highest BCUT2D eigenvalue weighted by Gasteiger charge is 2.55. The number of aliphatic hydroxyl groups excluding tert-OH is 1. The maximum absolute atomic E-state index is 15.0. The van der Waals surface area contributed by atoms with Crippen LogP contribution in [0.4, 0.5) is 10.2 Å². The zero-order valence-electron chi connectivity index (χ0n) is 15.1. The number of hydrogen-bond acceptors (Lipinski definition) is 7. The average Bonchev–Trinajstić information content (AvgIpc) is 2.80. The number of nitrogens with zero attached hydrogens (tertiary/aromatic N) is 2. The van der Waals surface area contributed by atoms with Gasteiger partial charge in [0.15, 0.2) is 11.9 Å². The van der Waals surface area contributed by atoms with Crippen LogP contribution in [0.3, 0.4) is 0 Å². The molecule has 0 radical (unpaired) electrons. The van der Waals surface area contributed by atoms with Gasteiger partial charge in [-0.1, -0.05) is 26.2 Å². The van der Waals surface area contributed by atoms with Crippen LogP contribution in [0.5, 0.6) is 0 Å². The van der Waals surface area contributed by atoms with E-state index >= 15 is 0 Å². The molecule has 2 rings (SSSR count). The molecule has 0 spiro atoms. The molecule has 0 amide bonds. The Morgan fingerprint density at radius 3 is 2.88 bits per heavy atom. The number of hydrogen-bond donors (Lipinski definition) is 2. The molecule has 0 aromatic carbocycles. The van der Waals surface area contributed by atoms with Crippen molar-refractivity contribution in [3.8, 4) is 0 Å². The molecule has 8 nitrogen and oxygen atoms in total. The lowest BCUT2D eigenvalue weighted by atomic mass is 9.98. The van der Waals surface area contributed by atoms with Gasteiger partial charge in [-0.2, -0.15) is 4.98 Å². The summed E-state index contributed by atoms with van der Waals surface area (Å²) < 4.78 is 26.4. The van der Waals surface area contributed by atoms with E-state index < -0.39 is 35.8 Å². The van der Waals surface area contributed by atoms with Crippen LogP contribution in [0, 0.1) is 0 Å². The van der Waals surface area contributed by atoms with Crippen molar-refractivity contribution in [1.82, 2.24) is 9.55 Å². The minimum atomic E-state index is -2.26. The molecule has 9 heteroatoms. The molecular formula is C17H26FN3O5. The lowest BCUT2D eigenvalue weighted by molar-refractivity contribution is -0.150. The summed E-state index contributed by atoms with van der Waals surface area (Å²) in [6, 6.07) is 1.33. The summed E-state index contributed by atoms with van der Waals surface area (Å²) in [5.74, 6) is -0.425. The number of nitrogens with two attached hydrogens (primary N) is 1.